The number of ether oxygens (including phenoxy) is 3. The molecule has 3 aromatic rings. The van der Waals surface area contributed by atoms with Crippen molar-refractivity contribution in [2.75, 3.05) is 13.2 Å². The summed E-state index contributed by atoms with van der Waals surface area (Å²) in [6.07, 6.45) is 1.45. The number of carbonyl (C=O) groups is 2. The molecule has 0 bridgehead atoms. The fraction of sp³-hybridized carbons (Fsp3) is 0.160. The monoisotopic (exact) mass is 466 g/mol. The Morgan fingerprint density at radius 3 is 2.48 bits per heavy atom. The molecule has 8 heteroatoms. The normalized spacial score (nSPS) is 10.6. The molecule has 0 saturated heterocycles. The van der Waals surface area contributed by atoms with Gasteiger partial charge in [-0.15, -0.1) is 0 Å². The second kappa shape index (κ2) is 11.7. The molecule has 170 valence electrons. The molecule has 0 aliphatic carbocycles. The van der Waals surface area contributed by atoms with Gasteiger partial charge in [0.1, 0.15) is 5.75 Å². The zero-order chi connectivity index (χ0) is 23.6. The highest BCUT2D eigenvalue weighted by atomic mass is 35.5. The molecular weight excluding hydrogens is 444 g/mol. The lowest BCUT2D eigenvalue weighted by Gasteiger charge is -2.12. The topological polar surface area (TPSA) is 86.2 Å². The van der Waals surface area contributed by atoms with Gasteiger partial charge in [-0.2, -0.15) is 5.10 Å². The summed E-state index contributed by atoms with van der Waals surface area (Å²) in [5.41, 5.74) is 4.40. The average molecular weight is 467 g/mol. The van der Waals surface area contributed by atoms with E-state index in [9.17, 15) is 9.59 Å². The highest BCUT2D eigenvalue weighted by molar-refractivity contribution is 6.33. The number of hydrazone groups is 1. The van der Waals surface area contributed by atoms with Gasteiger partial charge in [-0.3, -0.25) is 4.79 Å². The lowest BCUT2D eigenvalue weighted by molar-refractivity contribution is -0.123. The van der Waals surface area contributed by atoms with Gasteiger partial charge in [0, 0.05) is 0 Å². The molecule has 0 fully saturated rings. The number of aryl methyl sites for hydroxylation is 1. The Kier molecular flexibility index (Phi) is 8.43. The Morgan fingerprint density at radius 1 is 1.00 bits per heavy atom. The van der Waals surface area contributed by atoms with Gasteiger partial charge in [-0.05, 0) is 61.9 Å². The molecule has 33 heavy (non-hydrogen) atoms. The number of amides is 1. The van der Waals surface area contributed by atoms with E-state index in [1.54, 1.807) is 54.6 Å². The van der Waals surface area contributed by atoms with Gasteiger partial charge in [-0.1, -0.05) is 41.4 Å². The second-order valence-electron chi connectivity index (χ2n) is 6.90. The Labute approximate surface area is 196 Å². The van der Waals surface area contributed by atoms with E-state index < -0.39 is 11.9 Å². The Hall–Kier alpha value is -3.84. The summed E-state index contributed by atoms with van der Waals surface area (Å²) in [5.74, 6) is 0.208. The van der Waals surface area contributed by atoms with Crippen molar-refractivity contribution in [1.29, 1.82) is 0 Å². The van der Waals surface area contributed by atoms with Crippen molar-refractivity contribution in [3.8, 4) is 17.2 Å². The fourth-order valence-corrected chi connectivity index (χ4v) is 2.95. The summed E-state index contributed by atoms with van der Waals surface area (Å²) in [4.78, 5) is 24.4. The minimum Gasteiger partial charge on any atom is -0.490 e. The molecule has 0 heterocycles. The quantitative estimate of drug-likeness (QED) is 0.212. The predicted octanol–water partition coefficient (Wildman–Crippen LogP) is 4.80. The van der Waals surface area contributed by atoms with Crippen molar-refractivity contribution in [3.63, 3.8) is 0 Å². The first-order chi connectivity index (χ1) is 16.0. The van der Waals surface area contributed by atoms with E-state index in [0.717, 1.165) is 5.56 Å². The largest absolute Gasteiger partial charge is 0.490 e. The fourth-order valence-electron chi connectivity index (χ4n) is 2.73. The molecule has 1 amide bonds. The number of esters is 1. The second-order valence-corrected chi connectivity index (χ2v) is 7.31. The van der Waals surface area contributed by atoms with E-state index in [0.29, 0.717) is 28.7 Å². The first-order valence-electron chi connectivity index (χ1n) is 10.2. The van der Waals surface area contributed by atoms with Crippen LogP contribution in [0, 0.1) is 6.92 Å². The highest BCUT2D eigenvalue weighted by Crippen LogP contribution is 2.29. The van der Waals surface area contributed by atoms with Crippen LogP contribution in [0.5, 0.6) is 17.2 Å². The maximum Gasteiger partial charge on any atom is 0.345 e. The first kappa shape index (κ1) is 23.8. The van der Waals surface area contributed by atoms with E-state index >= 15 is 0 Å². The van der Waals surface area contributed by atoms with Gasteiger partial charge in [0.05, 0.1) is 23.4 Å². The van der Waals surface area contributed by atoms with Crippen molar-refractivity contribution in [2.45, 2.75) is 13.8 Å². The van der Waals surface area contributed by atoms with E-state index in [2.05, 4.69) is 10.5 Å². The van der Waals surface area contributed by atoms with E-state index in [-0.39, 0.29) is 17.9 Å². The van der Waals surface area contributed by atoms with E-state index in [4.69, 9.17) is 25.8 Å². The van der Waals surface area contributed by atoms with Crippen LogP contribution in [0.3, 0.4) is 0 Å². The van der Waals surface area contributed by atoms with Crippen LogP contribution in [0.25, 0.3) is 0 Å². The van der Waals surface area contributed by atoms with Crippen LogP contribution in [0.1, 0.15) is 28.4 Å². The molecule has 0 radical (unpaired) electrons. The van der Waals surface area contributed by atoms with E-state index in [1.165, 1.54) is 6.21 Å². The summed E-state index contributed by atoms with van der Waals surface area (Å²) < 4.78 is 16.5. The van der Waals surface area contributed by atoms with Gasteiger partial charge in [0.15, 0.2) is 18.1 Å². The first-order valence-corrected chi connectivity index (χ1v) is 10.6. The van der Waals surface area contributed by atoms with Gasteiger partial charge >= 0.3 is 5.97 Å². The summed E-state index contributed by atoms with van der Waals surface area (Å²) in [7, 11) is 0. The molecule has 7 nitrogen and oxygen atoms in total. The third-order valence-electron chi connectivity index (χ3n) is 4.36. The zero-order valence-corrected chi connectivity index (χ0v) is 19.0. The van der Waals surface area contributed by atoms with Crippen LogP contribution in [-0.4, -0.2) is 31.3 Å². The Morgan fingerprint density at radius 2 is 1.76 bits per heavy atom. The van der Waals surface area contributed by atoms with Crippen LogP contribution in [0.15, 0.2) is 71.8 Å². The van der Waals surface area contributed by atoms with Crippen molar-refractivity contribution >= 4 is 29.7 Å². The number of nitrogens with one attached hydrogen (secondary N) is 1. The van der Waals surface area contributed by atoms with Crippen LogP contribution in [0.2, 0.25) is 5.02 Å². The molecule has 3 aromatic carbocycles. The third-order valence-corrected chi connectivity index (χ3v) is 4.69. The lowest BCUT2D eigenvalue weighted by atomic mass is 10.2. The predicted molar refractivity (Wildman–Crippen MR) is 126 cm³/mol. The molecule has 0 atom stereocenters. The molecule has 0 spiro atoms. The molecule has 0 aromatic heterocycles. The van der Waals surface area contributed by atoms with Crippen LogP contribution in [-0.2, 0) is 4.79 Å². The zero-order valence-electron chi connectivity index (χ0n) is 18.2. The maximum absolute atomic E-state index is 12.5. The standard InChI is InChI=1S/C25H23ClN2O5/c1-3-31-23-14-18(10-13-22(23)33-25(30)20-6-4-5-7-21(20)26)15-27-28-24(29)16-32-19-11-8-17(2)9-12-19/h4-15H,3,16H2,1-2H3,(H,28,29)/b27-15-. The molecule has 0 saturated carbocycles. The van der Waals surface area contributed by atoms with Gasteiger partial charge in [0.2, 0.25) is 0 Å². The number of hydrogen-bond acceptors (Lipinski definition) is 6. The number of nitrogens with zero attached hydrogens (tertiary/aromatic N) is 1. The highest BCUT2D eigenvalue weighted by Gasteiger charge is 2.15. The molecular formula is C25H23ClN2O5. The van der Waals surface area contributed by atoms with Crippen LogP contribution < -0.4 is 19.6 Å². The van der Waals surface area contributed by atoms with Gasteiger partial charge in [0.25, 0.3) is 5.91 Å². The number of benzene rings is 3. The number of rotatable bonds is 9. The van der Waals surface area contributed by atoms with Crippen molar-refractivity contribution in [3.05, 3.63) is 88.4 Å². The minimum absolute atomic E-state index is 0.165. The summed E-state index contributed by atoms with van der Waals surface area (Å²) >= 11 is 6.06. The summed E-state index contributed by atoms with van der Waals surface area (Å²) in [5, 5.41) is 4.23. The number of carbonyl (C=O) groups excluding carboxylic acids is 2. The maximum atomic E-state index is 12.5. The Bertz CT molecular complexity index is 1150. The summed E-state index contributed by atoms with van der Waals surface area (Å²) in [6.45, 7) is 3.98. The van der Waals surface area contributed by atoms with E-state index in [1.807, 2.05) is 26.0 Å². The minimum atomic E-state index is -0.594. The number of halogens is 1. The molecule has 1 N–H and O–H groups in total. The van der Waals surface area contributed by atoms with Gasteiger partial charge < -0.3 is 14.2 Å². The van der Waals surface area contributed by atoms with Crippen LogP contribution in [0.4, 0.5) is 0 Å². The Balaban J connectivity index is 1.60. The van der Waals surface area contributed by atoms with Gasteiger partial charge in [-0.25, -0.2) is 10.2 Å². The number of hydrogen-bond donors (Lipinski definition) is 1. The van der Waals surface area contributed by atoms with Crippen molar-refractivity contribution in [2.24, 2.45) is 5.10 Å². The van der Waals surface area contributed by atoms with Crippen LogP contribution >= 0.6 is 11.6 Å². The summed E-state index contributed by atoms with van der Waals surface area (Å²) in [6, 6.07) is 18.9. The molecule has 0 unspecified atom stereocenters. The molecule has 0 aliphatic heterocycles. The lowest BCUT2D eigenvalue weighted by Crippen LogP contribution is -2.24. The smallest absolute Gasteiger partial charge is 0.345 e. The molecule has 0 aliphatic rings. The average Bonchev–Trinajstić information content (AvgIpc) is 2.80. The third kappa shape index (κ3) is 7.08. The van der Waals surface area contributed by atoms with Crippen molar-refractivity contribution < 1.29 is 23.8 Å². The SMILES string of the molecule is CCOc1cc(/C=N\NC(=O)COc2ccc(C)cc2)ccc1OC(=O)c1ccccc1Cl. The van der Waals surface area contributed by atoms with Crippen molar-refractivity contribution in [1.82, 2.24) is 5.43 Å². The molecule has 3 rings (SSSR count).